The van der Waals surface area contributed by atoms with Crippen LogP contribution in [0.5, 0.6) is 0 Å². The molecule has 0 unspecified atom stereocenters. The quantitative estimate of drug-likeness (QED) is 0.0942. The van der Waals surface area contributed by atoms with Crippen LogP contribution in [0.3, 0.4) is 0 Å². The van der Waals surface area contributed by atoms with E-state index in [2.05, 4.69) is 74.0 Å². The Morgan fingerprint density at radius 3 is 2.15 bits per heavy atom. The Balaban J connectivity index is 0.000000242. The average molecular weight is 861 g/mol. The molecule has 0 amide bonds. The number of aliphatic hydroxyl groups excluding tert-OH is 1. The molecule has 0 atom stereocenters. The number of pyridine rings is 1. The molecule has 0 spiro atoms. The summed E-state index contributed by atoms with van der Waals surface area (Å²) in [6, 6.07) is 17.2. The molecule has 1 N–H and O–H groups in total. The van der Waals surface area contributed by atoms with Crippen LogP contribution in [0, 0.1) is 16.9 Å². The van der Waals surface area contributed by atoms with Gasteiger partial charge in [0, 0.05) is 63.0 Å². The predicted octanol–water partition coefficient (Wildman–Crippen LogP) is 13.3. The molecule has 6 rings (SSSR count). The minimum absolute atomic E-state index is 0. The number of fused-ring (bicyclic) bond motifs is 5. The van der Waals surface area contributed by atoms with Crippen molar-refractivity contribution < 1.29 is 30.0 Å². The van der Waals surface area contributed by atoms with Gasteiger partial charge in [0.1, 0.15) is 5.76 Å². The zero-order valence-corrected chi connectivity index (χ0v) is 33.8. The molecule has 1 radical (unpaired) electrons. The normalized spacial score (nSPS) is 12.8. The summed E-state index contributed by atoms with van der Waals surface area (Å²) in [5, 5.41) is 19.5. The van der Waals surface area contributed by atoms with Gasteiger partial charge in [0.25, 0.3) is 0 Å². The van der Waals surface area contributed by atoms with Crippen LogP contribution in [-0.4, -0.2) is 15.9 Å². The summed E-state index contributed by atoms with van der Waals surface area (Å²) in [4.78, 5) is 17.0. The molecule has 0 saturated carbocycles. The van der Waals surface area contributed by atoms with Crippen LogP contribution in [0.2, 0.25) is 0 Å². The average Bonchev–Trinajstić information content (AvgIpc) is 3.80. The standard InChI is InChI=1S/C25H18NS3.C15H28O2.Ir/c1-25(2,3)18-11-16(10-15-6-9-28-24(15)18)23-22-17-13-20-14(5-8-27-20)12-21(17)29-19(22)4-7-26-23;1-7-14(5,8-2)12(16)11-13(17)15(6,9-3)10-4;/h4-9,11-13H,1-3H3;11,16H,7-10H2,1-6H3;/q-1;;/b;12-11-;. The van der Waals surface area contributed by atoms with Gasteiger partial charge in [-0.2, -0.15) is 11.3 Å². The molecule has 0 aliphatic carbocycles. The summed E-state index contributed by atoms with van der Waals surface area (Å²) in [6.45, 7) is 18.9. The number of nitrogens with zero attached hydrogens (tertiary/aromatic N) is 1. The number of allylic oxidation sites excluding steroid dienone is 2. The van der Waals surface area contributed by atoms with Crippen molar-refractivity contribution in [1.29, 1.82) is 0 Å². The largest absolute Gasteiger partial charge is 0.512 e. The molecule has 0 saturated heterocycles. The Bertz CT molecular complexity index is 2050. The van der Waals surface area contributed by atoms with Crippen molar-refractivity contribution >= 4 is 80.1 Å². The second-order valence-electron chi connectivity index (χ2n) is 13.9. The summed E-state index contributed by atoms with van der Waals surface area (Å²) in [7, 11) is 0. The molecular formula is C40H46IrNO2S3-. The van der Waals surface area contributed by atoms with E-state index < -0.39 is 0 Å². The monoisotopic (exact) mass is 861 g/mol. The van der Waals surface area contributed by atoms with Gasteiger partial charge in [0.05, 0.1) is 0 Å². The zero-order chi connectivity index (χ0) is 33.4. The third-order valence-electron chi connectivity index (χ3n) is 10.1. The second-order valence-corrected chi connectivity index (χ2v) is 16.8. The number of hydrogen-bond donors (Lipinski definition) is 1. The maximum atomic E-state index is 12.2. The van der Waals surface area contributed by atoms with E-state index in [-0.39, 0.29) is 47.9 Å². The first-order valence-corrected chi connectivity index (χ1v) is 18.9. The summed E-state index contributed by atoms with van der Waals surface area (Å²) < 4.78 is 5.29. The van der Waals surface area contributed by atoms with E-state index in [4.69, 9.17) is 4.98 Å². The van der Waals surface area contributed by atoms with Gasteiger partial charge in [-0.15, -0.1) is 46.3 Å². The number of hydrogen-bond acceptors (Lipinski definition) is 6. The Morgan fingerprint density at radius 2 is 1.51 bits per heavy atom. The van der Waals surface area contributed by atoms with Crippen LogP contribution in [0.15, 0.2) is 65.2 Å². The third kappa shape index (κ3) is 7.31. The number of benzene rings is 2. The number of carbonyl (C=O) groups is 1. The van der Waals surface area contributed by atoms with Crippen molar-refractivity contribution in [2.24, 2.45) is 10.8 Å². The second kappa shape index (κ2) is 14.6. The zero-order valence-electron chi connectivity index (χ0n) is 29.0. The molecule has 3 nitrogen and oxygen atoms in total. The SMILES string of the molecule is CC(C)(C)c1cc(-c2nccc3sc4cc5ccsc5cc4c23)[c-]c2ccsc12.CCC(C)(CC)C(=O)/C=C(\O)C(C)(CC)CC.[Ir]. The Hall–Kier alpha value is -2.41. The summed E-state index contributed by atoms with van der Waals surface area (Å²) in [6.07, 6.45) is 6.70. The Kier molecular flexibility index (Phi) is 11.6. The van der Waals surface area contributed by atoms with Gasteiger partial charge >= 0.3 is 0 Å². The Morgan fingerprint density at radius 1 is 0.851 bits per heavy atom. The predicted molar refractivity (Wildman–Crippen MR) is 204 cm³/mol. The van der Waals surface area contributed by atoms with Crippen molar-refractivity contribution in [3.8, 4) is 11.3 Å². The number of aromatic nitrogens is 1. The van der Waals surface area contributed by atoms with Gasteiger partial charge in [0.15, 0.2) is 5.78 Å². The smallest absolute Gasteiger partial charge is 0.164 e. The van der Waals surface area contributed by atoms with E-state index in [1.54, 1.807) is 22.7 Å². The van der Waals surface area contributed by atoms with Crippen LogP contribution >= 0.6 is 34.0 Å². The number of ketones is 1. The minimum Gasteiger partial charge on any atom is -0.512 e. The van der Waals surface area contributed by atoms with Gasteiger partial charge in [-0.3, -0.25) is 9.78 Å². The molecule has 4 aromatic heterocycles. The van der Waals surface area contributed by atoms with E-state index in [0.717, 1.165) is 36.9 Å². The molecule has 47 heavy (non-hydrogen) atoms. The van der Waals surface area contributed by atoms with Crippen LogP contribution in [0.25, 0.3) is 51.6 Å². The van der Waals surface area contributed by atoms with E-state index in [1.807, 2.05) is 59.1 Å². The Labute approximate surface area is 305 Å². The molecule has 0 aliphatic rings. The molecule has 4 heterocycles. The summed E-state index contributed by atoms with van der Waals surface area (Å²) >= 11 is 5.47. The van der Waals surface area contributed by atoms with E-state index in [0.29, 0.717) is 0 Å². The van der Waals surface area contributed by atoms with Gasteiger partial charge in [0.2, 0.25) is 0 Å². The minimum atomic E-state index is -0.337. The maximum Gasteiger partial charge on any atom is 0.164 e. The molecular weight excluding hydrogens is 815 g/mol. The van der Waals surface area contributed by atoms with Gasteiger partial charge in [-0.1, -0.05) is 73.4 Å². The van der Waals surface area contributed by atoms with Crippen LogP contribution in [0.1, 0.15) is 93.6 Å². The van der Waals surface area contributed by atoms with Crippen molar-refractivity contribution in [3.05, 3.63) is 76.8 Å². The van der Waals surface area contributed by atoms with Crippen LogP contribution in [-0.2, 0) is 30.3 Å². The summed E-state index contributed by atoms with van der Waals surface area (Å²) in [5.74, 6) is 0.286. The molecule has 0 aliphatic heterocycles. The first kappa shape index (κ1) is 37.4. The fourth-order valence-corrected chi connectivity index (χ4v) is 8.78. The van der Waals surface area contributed by atoms with Crippen molar-refractivity contribution in [2.45, 2.75) is 93.4 Å². The van der Waals surface area contributed by atoms with Gasteiger partial charge in [-0.25, -0.2) is 0 Å². The first-order chi connectivity index (χ1) is 21.8. The molecule has 0 fully saturated rings. The fourth-order valence-electron chi connectivity index (χ4n) is 5.76. The van der Waals surface area contributed by atoms with Gasteiger partial charge < -0.3 is 5.11 Å². The maximum absolute atomic E-state index is 12.2. The van der Waals surface area contributed by atoms with E-state index in [9.17, 15) is 9.90 Å². The number of thiophene rings is 3. The molecule has 2 aromatic carbocycles. The van der Waals surface area contributed by atoms with Gasteiger partial charge in [-0.05, 0) is 87.0 Å². The number of carbonyl (C=O) groups excluding carboxylic acids is 1. The van der Waals surface area contributed by atoms with E-state index in [1.165, 1.54) is 52.0 Å². The number of aliphatic hydroxyl groups is 1. The summed E-state index contributed by atoms with van der Waals surface area (Å²) in [5.41, 5.74) is 2.98. The van der Waals surface area contributed by atoms with Crippen molar-refractivity contribution in [1.82, 2.24) is 4.98 Å². The van der Waals surface area contributed by atoms with Crippen molar-refractivity contribution in [2.75, 3.05) is 0 Å². The molecule has 0 bridgehead atoms. The fraction of sp³-hybridized carbons (Fsp3) is 0.400. The topological polar surface area (TPSA) is 50.2 Å². The first-order valence-electron chi connectivity index (χ1n) is 16.4. The van der Waals surface area contributed by atoms with Crippen LogP contribution < -0.4 is 0 Å². The molecule has 6 aromatic rings. The van der Waals surface area contributed by atoms with Crippen LogP contribution in [0.4, 0.5) is 0 Å². The van der Waals surface area contributed by atoms with Crippen molar-refractivity contribution in [3.63, 3.8) is 0 Å². The third-order valence-corrected chi connectivity index (χ3v) is 13.0. The molecule has 7 heteroatoms. The van der Waals surface area contributed by atoms with E-state index >= 15 is 0 Å². The number of rotatable bonds is 8. The molecule has 251 valence electrons.